The van der Waals surface area contributed by atoms with Gasteiger partial charge in [0.25, 0.3) is 0 Å². The Morgan fingerprint density at radius 1 is 0.974 bits per heavy atom. The number of carbonyl (C=O) groups excluding carboxylic acids is 3. The van der Waals surface area contributed by atoms with Crippen LogP contribution in [-0.4, -0.2) is 22.5 Å². The molecule has 12 heteroatoms. The summed E-state index contributed by atoms with van der Waals surface area (Å²) in [5.41, 5.74) is -0.463. The molecule has 4 nitrogen and oxygen atoms in total. The number of aliphatic hydroxyl groups is 1. The molecule has 4 rings (SSSR count). The summed E-state index contributed by atoms with van der Waals surface area (Å²) in [5.74, 6) is -12.1. The minimum atomic E-state index is -1.77. The molecule has 38 heavy (non-hydrogen) atoms. The SMILES string of the molecule is C=C(F)C(F)=C(F)CC(C)=CC(=O)c1cc2c(s1)-c1sc(C(O)c3cc(F)c(F)c(F)c3)cc1C(=O)C2=O. The third-order valence-corrected chi connectivity index (χ3v) is 8.01. The summed E-state index contributed by atoms with van der Waals surface area (Å²) < 4.78 is 80.4. The Kier molecular flexibility index (Phi) is 7.42. The number of thiophene rings is 2. The summed E-state index contributed by atoms with van der Waals surface area (Å²) >= 11 is 1.67. The number of hydrogen-bond acceptors (Lipinski definition) is 6. The van der Waals surface area contributed by atoms with E-state index in [0.717, 1.165) is 28.7 Å². The quantitative estimate of drug-likeness (QED) is 0.0800. The number of Topliss-reactive ketones (excluding diaryl/α,β-unsaturated/α-hetero) is 2. The highest BCUT2D eigenvalue weighted by Crippen LogP contribution is 2.46. The van der Waals surface area contributed by atoms with E-state index >= 15 is 0 Å². The standard InChI is InChI=1S/C26H14F6O4S2/c1-9(3-14(28)20(31)10(2)27)4-17(33)18-7-12-23(35)24(36)13-8-19(38-26(13)25(12)37-18)22(34)11-5-15(29)21(32)16(30)6-11/h4-8,22,34H,2-3H2,1H3. The lowest BCUT2D eigenvalue weighted by atomic mass is 9.94. The van der Waals surface area contributed by atoms with E-state index in [1.54, 1.807) is 0 Å². The molecule has 1 atom stereocenters. The van der Waals surface area contributed by atoms with Crippen LogP contribution in [0.25, 0.3) is 9.75 Å². The van der Waals surface area contributed by atoms with Crippen molar-refractivity contribution in [2.45, 2.75) is 19.4 Å². The number of fused-ring (bicyclic) bond motifs is 3. The third kappa shape index (κ3) is 4.94. The normalized spacial score (nSPS) is 14.7. The van der Waals surface area contributed by atoms with Gasteiger partial charge in [-0.3, -0.25) is 14.4 Å². The second kappa shape index (κ2) is 10.3. The van der Waals surface area contributed by atoms with Gasteiger partial charge in [-0.05, 0) is 42.8 Å². The average Bonchev–Trinajstić information content (AvgIpc) is 3.50. The molecule has 2 heterocycles. The van der Waals surface area contributed by atoms with Crippen LogP contribution in [-0.2, 0) is 0 Å². The molecule has 0 spiro atoms. The van der Waals surface area contributed by atoms with Crippen LogP contribution in [0.15, 0.2) is 60.0 Å². The van der Waals surface area contributed by atoms with Gasteiger partial charge >= 0.3 is 0 Å². The lowest BCUT2D eigenvalue weighted by molar-refractivity contribution is 0.0816. The molecule has 1 N–H and O–H groups in total. The van der Waals surface area contributed by atoms with Crippen molar-refractivity contribution in [3.8, 4) is 9.75 Å². The van der Waals surface area contributed by atoms with Crippen molar-refractivity contribution in [1.29, 1.82) is 0 Å². The van der Waals surface area contributed by atoms with Crippen LogP contribution in [0.5, 0.6) is 0 Å². The van der Waals surface area contributed by atoms with E-state index in [2.05, 4.69) is 6.58 Å². The lowest BCUT2D eigenvalue weighted by Crippen LogP contribution is -2.18. The van der Waals surface area contributed by atoms with Gasteiger partial charge in [-0.25, -0.2) is 26.3 Å². The first-order valence-corrected chi connectivity index (χ1v) is 12.2. The average molecular weight is 569 g/mol. The molecule has 0 saturated heterocycles. The van der Waals surface area contributed by atoms with Crippen molar-refractivity contribution in [3.63, 3.8) is 0 Å². The topological polar surface area (TPSA) is 71.4 Å². The van der Waals surface area contributed by atoms with E-state index in [1.165, 1.54) is 19.1 Å². The van der Waals surface area contributed by atoms with Crippen LogP contribution in [0.4, 0.5) is 26.3 Å². The van der Waals surface area contributed by atoms with Gasteiger partial charge in [0.1, 0.15) is 11.9 Å². The molecule has 1 unspecified atom stereocenters. The summed E-state index contributed by atoms with van der Waals surface area (Å²) in [4.78, 5) is 38.6. The molecule has 0 aliphatic heterocycles. The smallest absolute Gasteiger partial charge is 0.235 e. The number of rotatable bonds is 7. The fraction of sp³-hybridized carbons (Fsp3) is 0.115. The maximum absolute atomic E-state index is 13.7. The van der Waals surface area contributed by atoms with Gasteiger partial charge in [-0.15, -0.1) is 22.7 Å². The van der Waals surface area contributed by atoms with Crippen LogP contribution in [0.3, 0.4) is 0 Å². The molecule has 0 saturated carbocycles. The Bertz CT molecular complexity index is 1590. The predicted molar refractivity (Wildman–Crippen MR) is 129 cm³/mol. The maximum atomic E-state index is 13.7. The predicted octanol–water partition coefficient (Wildman–Crippen LogP) is 7.51. The van der Waals surface area contributed by atoms with Gasteiger partial charge in [0.2, 0.25) is 11.6 Å². The van der Waals surface area contributed by atoms with Crippen molar-refractivity contribution < 1.29 is 45.8 Å². The van der Waals surface area contributed by atoms with Crippen LogP contribution in [0.1, 0.15) is 60.3 Å². The van der Waals surface area contributed by atoms with Crippen LogP contribution in [0.2, 0.25) is 0 Å². The Labute approximate surface area is 218 Å². The van der Waals surface area contributed by atoms with Gasteiger partial charge in [-0.1, -0.05) is 12.2 Å². The first-order chi connectivity index (χ1) is 17.8. The van der Waals surface area contributed by atoms with Crippen molar-refractivity contribution in [3.05, 3.63) is 104 Å². The summed E-state index contributed by atoms with van der Waals surface area (Å²) in [7, 11) is 0. The maximum Gasteiger partial charge on any atom is 0.235 e. The Balaban J connectivity index is 1.69. The highest BCUT2D eigenvalue weighted by atomic mass is 32.1. The summed E-state index contributed by atoms with van der Waals surface area (Å²) in [5, 5.41) is 10.6. The van der Waals surface area contributed by atoms with E-state index in [1.807, 2.05) is 0 Å². The number of allylic oxidation sites excluding steroid dienone is 5. The van der Waals surface area contributed by atoms with E-state index in [-0.39, 0.29) is 41.8 Å². The third-order valence-electron chi connectivity index (χ3n) is 5.51. The van der Waals surface area contributed by atoms with E-state index in [0.29, 0.717) is 12.1 Å². The second-order valence-electron chi connectivity index (χ2n) is 8.26. The van der Waals surface area contributed by atoms with Crippen molar-refractivity contribution in [2.24, 2.45) is 0 Å². The molecule has 3 aromatic rings. The zero-order valence-electron chi connectivity index (χ0n) is 19.1. The van der Waals surface area contributed by atoms with Crippen LogP contribution >= 0.6 is 22.7 Å². The summed E-state index contributed by atoms with van der Waals surface area (Å²) in [6.45, 7) is 3.96. The van der Waals surface area contributed by atoms with E-state index in [9.17, 15) is 45.8 Å². The zero-order chi connectivity index (χ0) is 28.0. The van der Waals surface area contributed by atoms with Gasteiger partial charge in [0, 0.05) is 22.4 Å². The molecule has 196 valence electrons. The van der Waals surface area contributed by atoms with Crippen LogP contribution in [0, 0.1) is 17.5 Å². The van der Waals surface area contributed by atoms with Gasteiger partial charge in [-0.2, -0.15) is 0 Å². The van der Waals surface area contributed by atoms with Crippen molar-refractivity contribution in [2.75, 3.05) is 0 Å². The molecule has 0 bridgehead atoms. The molecular formula is C26H14F6O4S2. The van der Waals surface area contributed by atoms with Gasteiger partial charge in [0.05, 0.1) is 14.6 Å². The molecule has 2 aromatic heterocycles. The monoisotopic (exact) mass is 568 g/mol. The Hall–Kier alpha value is -3.61. The molecule has 1 aliphatic carbocycles. The molecule has 0 fully saturated rings. The molecule has 0 amide bonds. The fourth-order valence-electron chi connectivity index (χ4n) is 3.69. The highest BCUT2D eigenvalue weighted by Gasteiger charge is 2.36. The second-order valence-corrected chi connectivity index (χ2v) is 10.4. The minimum Gasteiger partial charge on any atom is -0.383 e. The number of ketones is 3. The van der Waals surface area contributed by atoms with Crippen molar-refractivity contribution in [1.82, 2.24) is 0 Å². The molecule has 0 radical (unpaired) electrons. The number of aliphatic hydroxyl groups excluding tert-OH is 1. The van der Waals surface area contributed by atoms with E-state index in [4.69, 9.17) is 0 Å². The summed E-state index contributed by atoms with van der Waals surface area (Å²) in [6.07, 6.45) is -1.39. The number of carbonyl (C=O) groups is 3. The number of hydrogen-bond donors (Lipinski definition) is 1. The largest absolute Gasteiger partial charge is 0.383 e. The Morgan fingerprint density at radius 3 is 2.11 bits per heavy atom. The fourth-order valence-corrected chi connectivity index (χ4v) is 6.08. The van der Waals surface area contributed by atoms with Crippen molar-refractivity contribution >= 4 is 40.0 Å². The lowest BCUT2D eigenvalue weighted by Gasteiger charge is -2.09. The number of benzene rings is 1. The zero-order valence-corrected chi connectivity index (χ0v) is 20.8. The molecule has 1 aromatic carbocycles. The van der Waals surface area contributed by atoms with E-state index < -0.39 is 64.8 Å². The summed E-state index contributed by atoms with van der Waals surface area (Å²) in [6, 6.07) is 3.56. The number of halogens is 6. The highest BCUT2D eigenvalue weighted by molar-refractivity contribution is 7.24. The molecular weight excluding hydrogens is 554 g/mol. The van der Waals surface area contributed by atoms with Gasteiger partial charge < -0.3 is 5.11 Å². The van der Waals surface area contributed by atoms with Crippen LogP contribution < -0.4 is 0 Å². The minimum absolute atomic E-state index is 0.0127. The first-order valence-electron chi connectivity index (χ1n) is 10.6. The Morgan fingerprint density at radius 2 is 1.53 bits per heavy atom. The van der Waals surface area contributed by atoms with Gasteiger partial charge in [0.15, 0.2) is 34.9 Å². The molecule has 1 aliphatic rings. The first kappa shape index (κ1) is 27.4.